The molecule has 1 aliphatic rings. The van der Waals surface area contributed by atoms with Gasteiger partial charge < -0.3 is 4.90 Å². The maximum atomic E-state index is 13.1. The van der Waals surface area contributed by atoms with Crippen LogP contribution in [-0.4, -0.2) is 37.5 Å². The van der Waals surface area contributed by atoms with Crippen molar-refractivity contribution in [3.8, 4) is 0 Å². The van der Waals surface area contributed by atoms with Crippen LogP contribution >= 0.6 is 0 Å². The van der Waals surface area contributed by atoms with E-state index in [0.29, 0.717) is 19.4 Å². The Kier molecular flexibility index (Phi) is 3.81. The van der Waals surface area contributed by atoms with Crippen LogP contribution in [0.3, 0.4) is 0 Å². The largest absolute Gasteiger partial charge is 0.433 e. The van der Waals surface area contributed by atoms with Crippen molar-refractivity contribution < 1.29 is 18.0 Å². The molecule has 1 saturated heterocycles. The van der Waals surface area contributed by atoms with Crippen LogP contribution in [0, 0.1) is 6.92 Å². The first kappa shape index (κ1) is 16.4. The molecule has 1 N–H and O–H groups in total. The molecule has 0 aromatic carbocycles. The number of carbonyl (C=O) groups excluding carboxylic acids is 1. The fourth-order valence-corrected chi connectivity index (χ4v) is 3.00. The van der Waals surface area contributed by atoms with E-state index in [2.05, 4.69) is 20.2 Å². The maximum Gasteiger partial charge on any atom is 0.433 e. The highest BCUT2D eigenvalue weighted by Gasteiger charge is 2.45. The van der Waals surface area contributed by atoms with Gasteiger partial charge in [0.15, 0.2) is 5.82 Å². The molecule has 128 valence electrons. The summed E-state index contributed by atoms with van der Waals surface area (Å²) in [5.74, 6) is -0.314. The SMILES string of the molecule is Cc1cc(C(F)(F)F)nc([C@@]2(C)CCCN2C(=O)c2ccn[nH]2)n1. The summed E-state index contributed by atoms with van der Waals surface area (Å²) in [6, 6.07) is 2.43. The Balaban J connectivity index is 2.03. The van der Waals surface area contributed by atoms with E-state index in [0.717, 1.165) is 6.07 Å². The van der Waals surface area contributed by atoms with E-state index in [1.165, 1.54) is 24.1 Å². The van der Waals surface area contributed by atoms with E-state index in [1.54, 1.807) is 6.92 Å². The topological polar surface area (TPSA) is 74.8 Å². The number of nitrogens with zero attached hydrogens (tertiary/aromatic N) is 4. The van der Waals surface area contributed by atoms with Crippen molar-refractivity contribution in [2.75, 3.05) is 6.54 Å². The van der Waals surface area contributed by atoms with Crippen LogP contribution in [0.5, 0.6) is 0 Å². The first-order valence-corrected chi connectivity index (χ1v) is 7.46. The third-order valence-corrected chi connectivity index (χ3v) is 4.24. The van der Waals surface area contributed by atoms with Gasteiger partial charge in [0.25, 0.3) is 5.91 Å². The first-order chi connectivity index (χ1) is 11.2. The smallest absolute Gasteiger partial charge is 0.325 e. The van der Waals surface area contributed by atoms with Gasteiger partial charge >= 0.3 is 6.18 Å². The van der Waals surface area contributed by atoms with Crippen LogP contribution in [0.1, 0.15) is 47.5 Å². The van der Waals surface area contributed by atoms with Gasteiger partial charge in [-0.3, -0.25) is 9.89 Å². The molecule has 2 aromatic heterocycles. The number of carbonyl (C=O) groups is 1. The predicted octanol–water partition coefficient (Wildman–Crippen LogP) is 2.68. The Morgan fingerprint density at radius 1 is 1.38 bits per heavy atom. The summed E-state index contributed by atoms with van der Waals surface area (Å²) in [6.45, 7) is 3.61. The normalized spacial score (nSPS) is 21.3. The molecule has 24 heavy (non-hydrogen) atoms. The van der Waals surface area contributed by atoms with Crippen LogP contribution in [-0.2, 0) is 11.7 Å². The molecule has 0 saturated carbocycles. The fourth-order valence-electron chi connectivity index (χ4n) is 3.00. The van der Waals surface area contributed by atoms with Crippen molar-refractivity contribution in [2.24, 2.45) is 0 Å². The number of rotatable bonds is 2. The van der Waals surface area contributed by atoms with Gasteiger partial charge in [0.2, 0.25) is 0 Å². The second kappa shape index (κ2) is 5.57. The molecular formula is C15H16F3N5O. The van der Waals surface area contributed by atoms with E-state index in [4.69, 9.17) is 0 Å². The average Bonchev–Trinajstić information content (AvgIpc) is 3.15. The first-order valence-electron chi connectivity index (χ1n) is 7.46. The maximum absolute atomic E-state index is 13.1. The van der Waals surface area contributed by atoms with E-state index >= 15 is 0 Å². The number of nitrogens with one attached hydrogen (secondary N) is 1. The summed E-state index contributed by atoms with van der Waals surface area (Å²) in [6.07, 6.45) is -1.95. The number of aryl methyl sites for hydroxylation is 1. The van der Waals surface area contributed by atoms with Crippen molar-refractivity contribution in [2.45, 2.75) is 38.4 Å². The van der Waals surface area contributed by atoms with Gasteiger partial charge in [0, 0.05) is 18.4 Å². The molecule has 1 aliphatic heterocycles. The number of H-pyrrole nitrogens is 1. The number of alkyl halides is 3. The number of hydrogen-bond donors (Lipinski definition) is 1. The van der Waals surface area contributed by atoms with Crippen LogP contribution in [0.25, 0.3) is 0 Å². The summed E-state index contributed by atoms with van der Waals surface area (Å²) in [5, 5.41) is 6.33. The van der Waals surface area contributed by atoms with Crippen molar-refractivity contribution in [1.82, 2.24) is 25.1 Å². The van der Waals surface area contributed by atoms with Crippen molar-refractivity contribution in [3.63, 3.8) is 0 Å². The van der Waals surface area contributed by atoms with Gasteiger partial charge in [-0.05, 0) is 38.8 Å². The van der Waals surface area contributed by atoms with Gasteiger partial charge in [0.1, 0.15) is 16.9 Å². The number of halogens is 3. The Bertz CT molecular complexity index is 759. The zero-order chi connectivity index (χ0) is 17.5. The van der Waals surface area contributed by atoms with Crippen LogP contribution < -0.4 is 0 Å². The number of aromatic nitrogens is 4. The molecule has 1 amide bonds. The zero-order valence-electron chi connectivity index (χ0n) is 13.2. The number of amides is 1. The lowest BCUT2D eigenvalue weighted by molar-refractivity contribution is -0.141. The standard InChI is InChI=1S/C15H16F3N5O/c1-9-8-11(15(16,17)18)21-13(20-9)14(2)5-3-7-23(14)12(24)10-4-6-19-22-10/h4,6,8H,3,5,7H2,1-2H3,(H,19,22)/t14-/m1/s1. The van der Waals surface area contributed by atoms with Crippen LogP contribution in [0.4, 0.5) is 13.2 Å². The van der Waals surface area contributed by atoms with Gasteiger partial charge in [0.05, 0.1) is 0 Å². The summed E-state index contributed by atoms with van der Waals surface area (Å²) in [4.78, 5) is 22.1. The zero-order valence-corrected chi connectivity index (χ0v) is 13.2. The Hall–Kier alpha value is -2.45. The lowest BCUT2D eigenvalue weighted by atomic mass is 9.97. The molecule has 3 rings (SSSR count). The van der Waals surface area contributed by atoms with Gasteiger partial charge in [-0.1, -0.05) is 0 Å². The number of aromatic amines is 1. The molecular weight excluding hydrogens is 323 g/mol. The fraction of sp³-hybridized carbons (Fsp3) is 0.467. The highest BCUT2D eigenvalue weighted by molar-refractivity contribution is 5.93. The predicted molar refractivity (Wildman–Crippen MR) is 78.0 cm³/mol. The summed E-state index contributed by atoms with van der Waals surface area (Å²) >= 11 is 0. The molecule has 0 radical (unpaired) electrons. The molecule has 3 heterocycles. The second-order valence-corrected chi connectivity index (χ2v) is 6.02. The molecule has 9 heteroatoms. The lowest BCUT2D eigenvalue weighted by Crippen LogP contribution is -2.44. The van der Waals surface area contributed by atoms with E-state index in [-0.39, 0.29) is 23.1 Å². The van der Waals surface area contributed by atoms with E-state index in [1.807, 2.05) is 0 Å². The molecule has 0 bridgehead atoms. The molecule has 1 fully saturated rings. The Labute approximate surface area is 136 Å². The van der Waals surface area contributed by atoms with Crippen molar-refractivity contribution in [1.29, 1.82) is 0 Å². The molecule has 0 unspecified atom stereocenters. The lowest BCUT2D eigenvalue weighted by Gasteiger charge is -2.34. The van der Waals surface area contributed by atoms with Gasteiger partial charge in [-0.2, -0.15) is 18.3 Å². The summed E-state index contributed by atoms with van der Waals surface area (Å²) in [7, 11) is 0. The monoisotopic (exact) mass is 339 g/mol. The minimum absolute atomic E-state index is 0.0141. The molecule has 0 spiro atoms. The minimum Gasteiger partial charge on any atom is -0.325 e. The highest BCUT2D eigenvalue weighted by Crippen LogP contribution is 2.39. The molecule has 2 aromatic rings. The van der Waals surface area contributed by atoms with Gasteiger partial charge in [-0.25, -0.2) is 9.97 Å². The number of hydrogen-bond acceptors (Lipinski definition) is 4. The van der Waals surface area contributed by atoms with Crippen LogP contribution in [0.15, 0.2) is 18.3 Å². The van der Waals surface area contributed by atoms with Crippen molar-refractivity contribution >= 4 is 5.91 Å². The molecule has 1 atom stereocenters. The third-order valence-electron chi connectivity index (χ3n) is 4.24. The molecule has 0 aliphatic carbocycles. The van der Waals surface area contributed by atoms with Crippen LogP contribution in [0.2, 0.25) is 0 Å². The average molecular weight is 339 g/mol. The minimum atomic E-state index is -4.56. The molecule has 6 nitrogen and oxygen atoms in total. The summed E-state index contributed by atoms with van der Waals surface area (Å²) in [5.41, 5.74) is -1.48. The van der Waals surface area contributed by atoms with Gasteiger partial charge in [-0.15, -0.1) is 0 Å². The third kappa shape index (κ3) is 2.74. The van der Waals surface area contributed by atoms with E-state index < -0.39 is 17.4 Å². The summed E-state index contributed by atoms with van der Waals surface area (Å²) < 4.78 is 39.2. The van der Waals surface area contributed by atoms with Crippen molar-refractivity contribution in [3.05, 3.63) is 41.2 Å². The Morgan fingerprint density at radius 2 is 2.12 bits per heavy atom. The quantitative estimate of drug-likeness (QED) is 0.913. The number of likely N-dealkylation sites (tertiary alicyclic amines) is 1. The second-order valence-electron chi connectivity index (χ2n) is 6.02. The highest BCUT2D eigenvalue weighted by atomic mass is 19.4. The van der Waals surface area contributed by atoms with E-state index in [9.17, 15) is 18.0 Å². The Morgan fingerprint density at radius 3 is 2.75 bits per heavy atom.